The van der Waals surface area contributed by atoms with Crippen LogP contribution in [0.25, 0.3) is 0 Å². The van der Waals surface area contributed by atoms with E-state index in [4.69, 9.17) is 5.26 Å². The average molecular weight is 284 g/mol. The summed E-state index contributed by atoms with van der Waals surface area (Å²) in [6.45, 7) is 2.67. The summed E-state index contributed by atoms with van der Waals surface area (Å²) in [5, 5.41) is 18.3. The highest BCUT2D eigenvalue weighted by Gasteiger charge is 2.30. The SMILES string of the molecule is C[C@@H](C#N)Sc1nnc(C2CC2)n1Cc1ccccc1. The van der Waals surface area contributed by atoms with E-state index in [1.54, 1.807) is 0 Å². The first-order valence-corrected chi connectivity index (χ1v) is 7.69. The lowest BCUT2D eigenvalue weighted by atomic mass is 10.2. The van der Waals surface area contributed by atoms with Gasteiger partial charge in [-0.15, -0.1) is 10.2 Å². The second-order valence-electron chi connectivity index (χ2n) is 5.08. The molecule has 0 spiro atoms. The van der Waals surface area contributed by atoms with Crippen molar-refractivity contribution in [3.05, 3.63) is 41.7 Å². The predicted molar refractivity (Wildman–Crippen MR) is 78.5 cm³/mol. The maximum absolute atomic E-state index is 8.98. The third-order valence-corrected chi connectivity index (χ3v) is 4.31. The molecule has 0 aliphatic heterocycles. The zero-order valence-corrected chi connectivity index (χ0v) is 12.2. The molecule has 4 nitrogen and oxygen atoms in total. The van der Waals surface area contributed by atoms with Crippen molar-refractivity contribution in [2.45, 2.75) is 42.6 Å². The van der Waals surface area contributed by atoms with E-state index in [-0.39, 0.29) is 5.25 Å². The first-order chi connectivity index (χ1) is 9.78. The van der Waals surface area contributed by atoms with Crippen molar-refractivity contribution in [2.24, 2.45) is 0 Å². The normalized spacial score (nSPS) is 15.8. The van der Waals surface area contributed by atoms with Gasteiger partial charge in [-0.05, 0) is 25.3 Å². The minimum Gasteiger partial charge on any atom is -0.301 e. The molecule has 2 aromatic rings. The number of benzene rings is 1. The van der Waals surface area contributed by atoms with Crippen LogP contribution in [-0.2, 0) is 6.54 Å². The molecule has 1 aromatic carbocycles. The van der Waals surface area contributed by atoms with Crippen LogP contribution in [0.3, 0.4) is 0 Å². The van der Waals surface area contributed by atoms with Crippen molar-refractivity contribution in [2.75, 3.05) is 0 Å². The molecule has 0 amide bonds. The summed E-state index contributed by atoms with van der Waals surface area (Å²) in [5.74, 6) is 1.62. The van der Waals surface area contributed by atoms with Crippen molar-refractivity contribution in [1.29, 1.82) is 5.26 Å². The molecule has 1 atom stereocenters. The average Bonchev–Trinajstić information content (AvgIpc) is 3.25. The molecule has 5 heteroatoms. The third kappa shape index (κ3) is 2.86. The fraction of sp³-hybridized carbons (Fsp3) is 0.400. The fourth-order valence-electron chi connectivity index (χ4n) is 2.13. The van der Waals surface area contributed by atoms with Crippen LogP contribution in [0.2, 0.25) is 0 Å². The highest BCUT2D eigenvalue weighted by Crippen LogP contribution is 2.40. The Labute approximate surface area is 122 Å². The lowest BCUT2D eigenvalue weighted by Gasteiger charge is -2.10. The molecule has 0 saturated heterocycles. The molecule has 102 valence electrons. The van der Waals surface area contributed by atoms with Gasteiger partial charge in [0.2, 0.25) is 0 Å². The summed E-state index contributed by atoms with van der Waals surface area (Å²) in [6, 6.07) is 12.6. The molecule has 1 heterocycles. The number of hydrogen-bond donors (Lipinski definition) is 0. The Kier molecular flexibility index (Phi) is 3.75. The van der Waals surface area contributed by atoms with Crippen LogP contribution in [0.5, 0.6) is 0 Å². The van der Waals surface area contributed by atoms with Gasteiger partial charge >= 0.3 is 0 Å². The quantitative estimate of drug-likeness (QED) is 0.791. The van der Waals surface area contributed by atoms with Crippen LogP contribution in [0.15, 0.2) is 35.5 Å². The number of nitriles is 1. The Morgan fingerprint density at radius 2 is 2.10 bits per heavy atom. The summed E-state index contributed by atoms with van der Waals surface area (Å²) < 4.78 is 2.17. The molecule has 0 radical (unpaired) electrons. The van der Waals surface area contributed by atoms with Crippen LogP contribution >= 0.6 is 11.8 Å². The molecule has 0 unspecified atom stereocenters. The second-order valence-corrected chi connectivity index (χ2v) is 6.38. The van der Waals surface area contributed by atoms with Crippen LogP contribution in [0, 0.1) is 11.3 Å². The largest absolute Gasteiger partial charge is 0.301 e. The molecular formula is C15H16N4S. The standard InChI is InChI=1S/C15H16N4S/c1-11(9-16)20-15-18-17-14(13-7-8-13)19(15)10-12-5-3-2-4-6-12/h2-6,11,13H,7-8,10H2,1H3/t11-/m0/s1. The van der Waals surface area contributed by atoms with E-state index in [1.807, 2.05) is 25.1 Å². The van der Waals surface area contributed by atoms with Crippen LogP contribution in [0.4, 0.5) is 0 Å². The maximum Gasteiger partial charge on any atom is 0.192 e. The number of rotatable bonds is 5. The lowest BCUT2D eigenvalue weighted by Crippen LogP contribution is -2.07. The third-order valence-electron chi connectivity index (χ3n) is 3.34. The minimum absolute atomic E-state index is 0.110. The molecule has 0 bridgehead atoms. The highest BCUT2D eigenvalue weighted by molar-refractivity contribution is 8.00. The van der Waals surface area contributed by atoms with E-state index in [2.05, 4.69) is 33.0 Å². The maximum atomic E-state index is 8.98. The molecular weight excluding hydrogens is 268 g/mol. The van der Waals surface area contributed by atoms with Crippen LogP contribution in [-0.4, -0.2) is 20.0 Å². The van der Waals surface area contributed by atoms with Crippen molar-refractivity contribution in [1.82, 2.24) is 14.8 Å². The van der Waals surface area contributed by atoms with Gasteiger partial charge in [-0.25, -0.2) is 0 Å². The smallest absolute Gasteiger partial charge is 0.192 e. The molecule has 20 heavy (non-hydrogen) atoms. The van der Waals surface area contributed by atoms with Gasteiger partial charge < -0.3 is 4.57 Å². The lowest BCUT2D eigenvalue weighted by molar-refractivity contribution is 0.667. The van der Waals surface area contributed by atoms with E-state index in [1.165, 1.54) is 30.2 Å². The summed E-state index contributed by atoms with van der Waals surface area (Å²) in [7, 11) is 0. The van der Waals surface area contributed by atoms with E-state index >= 15 is 0 Å². The van der Waals surface area contributed by atoms with E-state index < -0.39 is 0 Å². The highest BCUT2D eigenvalue weighted by atomic mass is 32.2. The Morgan fingerprint density at radius 3 is 2.75 bits per heavy atom. The van der Waals surface area contributed by atoms with E-state index in [9.17, 15) is 0 Å². The van der Waals surface area contributed by atoms with Crippen LogP contribution < -0.4 is 0 Å². The Morgan fingerprint density at radius 1 is 1.35 bits per heavy atom. The van der Waals surface area contributed by atoms with Crippen LogP contribution in [0.1, 0.15) is 37.1 Å². The summed E-state index contributed by atoms with van der Waals surface area (Å²) in [6.07, 6.45) is 2.40. The number of thioether (sulfide) groups is 1. The zero-order chi connectivity index (χ0) is 13.9. The molecule has 1 fully saturated rings. The molecule has 3 rings (SSSR count). The monoisotopic (exact) mass is 284 g/mol. The summed E-state index contributed by atoms with van der Waals surface area (Å²) in [5.41, 5.74) is 1.24. The number of aromatic nitrogens is 3. The van der Waals surface area contributed by atoms with Gasteiger partial charge in [-0.2, -0.15) is 5.26 Å². The molecule has 1 aliphatic carbocycles. The van der Waals surface area contributed by atoms with Gasteiger partial charge in [0.15, 0.2) is 5.16 Å². The van der Waals surface area contributed by atoms with Crippen molar-refractivity contribution in [3.8, 4) is 6.07 Å². The second kappa shape index (κ2) is 5.68. The number of nitrogens with zero attached hydrogens (tertiary/aromatic N) is 4. The predicted octanol–water partition coefficient (Wildman–Crippen LogP) is 3.21. The molecule has 1 saturated carbocycles. The van der Waals surface area contributed by atoms with Gasteiger partial charge in [0, 0.05) is 5.92 Å². The molecule has 1 aromatic heterocycles. The van der Waals surface area contributed by atoms with Gasteiger partial charge in [0.05, 0.1) is 17.9 Å². The first-order valence-electron chi connectivity index (χ1n) is 6.81. The minimum atomic E-state index is -0.110. The Hall–Kier alpha value is -1.80. The zero-order valence-electron chi connectivity index (χ0n) is 11.4. The topological polar surface area (TPSA) is 54.5 Å². The molecule has 0 N–H and O–H groups in total. The molecule has 1 aliphatic rings. The number of hydrogen-bond acceptors (Lipinski definition) is 4. The first kappa shape index (κ1) is 13.2. The van der Waals surface area contributed by atoms with Crippen molar-refractivity contribution in [3.63, 3.8) is 0 Å². The summed E-state index contributed by atoms with van der Waals surface area (Å²) >= 11 is 1.48. The van der Waals surface area contributed by atoms with E-state index in [0.29, 0.717) is 5.92 Å². The fourth-order valence-corrected chi connectivity index (χ4v) is 2.87. The van der Waals surface area contributed by atoms with Gasteiger partial charge in [-0.1, -0.05) is 42.1 Å². The van der Waals surface area contributed by atoms with Gasteiger partial charge in [0.25, 0.3) is 0 Å². The Bertz CT molecular complexity index is 625. The van der Waals surface area contributed by atoms with Gasteiger partial charge in [0.1, 0.15) is 5.82 Å². The van der Waals surface area contributed by atoms with Gasteiger partial charge in [-0.3, -0.25) is 0 Å². The summed E-state index contributed by atoms with van der Waals surface area (Å²) in [4.78, 5) is 0. The van der Waals surface area contributed by atoms with E-state index in [0.717, 1.165) is 17.5 Å². The Balaban J connectivity index is 1.89. The van der Waals surface area contributed by atoms with Crippen molar-refractivity contribution < 1.29 is 0 Å². The van der Waals surface area contributed by atoms with Crippen molar-refractivity contribution >= 4 is 11.8 Å².